The largest absolute Gasteiger partial charge is 0.480 e. The Hall–Kier alpha value is -3.81. The molecular formula is C21H16N2O6. The van der Waals surface area contributed by atoms with Gasteiger partial charge in [-0.25, -0.2) is 4.79 Å². The minimum Gasteiger partial charge on any atom is -0.480 e. The Bertz CT molecular complexity index is 1010. The van der Waals surface area contributed by atoms with E-state index in [0.29, 0.717) is 11.1 Å². The zero-order valence-electron chi connectivity index (χ0n) is 15.2. The van der Waals surface area contributed by atoms with E-state index in [2.05, 4.69) is 0 Å². The SMILES string of the molecule is O=C(O)[C@H](CCCN1C(=O)c2ccccc2C1=O)N1C(=O)c2ccccc2C1=O. The molecule has 0 unspecified atom stereocenters. The molecule has 8 heteroatoms. The molecule has 1 atom stereocenters. The van der Waals surface area contributed by atoms with Gasteiger partial charge in [0.2, 0.25) is 0 Å². The fourth-order valence-electron chi connectivity index (χ4n) is 3.74. The molecule has 8 nitrogen and oxygen atoms in total. The van der Waals surface area contributed by atoms with Gasteiger partial charge in [-0.15, -0.1) is 0 Å². The number of hydrogen-bond acceptors (Lipinski definition) is 5. The minimum atomic E-state index is -1.38. The minimum absolute atomic E-state index is 0.000698. The van der Waals surface area contributed by atoms with Gasteiger partial charge in [0.25, 0.3) is 23.6 Å². The van der Waals surface area contributed by atoms with Crippen LogP contribution in [0, 0.1) is 0 Å². The maximum absolute atomic E-state index is 12.5. The molecule has 0 aliphatic carbocycles. The van der Waals surface area contributed by atoms with E-state index >= 15 is 0 Å². The topological polar surface area (TPSA) is 112 Å². The van der Waals surface area contributed by atoms with Crippen LogP contribution in [0.5, 0.6) is 0 Å². The van der Waals surface area contributed by atoms with Crippen LogP contribution < -0.4 is 0 Å². The second-order valence-electron chi connectivity index (χ2n) is 6.83. The van der Waals surface area contributed by atoms with E-state index < -0.39 is 35.6 Å². The third-order valence-electron chi connectivity index (χ3n) is 5.16. The van der Waals surface area contributed by atoms with E-state index in [9.17, 15) is 29.1 Å². The van der Waals surface area contributed by atoms with Crippen LogP contribution in [-0.2, 0) is 4.79 Å². The van der Waals surface area contributed by atoms with E-state index in [1.165, 1.54) is 12.1 Å². The molecule has 1 N–H and O–H groups in total. The lowest BCUT2D eigenvalue weighted by Crippen LogP contribution is -2.45. The summed E-state index contributed by atoms with van der Waals surface area (Å²) in [5.41, 5.74) is 0.966. The first-order valence-electron chi connectivity index (χ1n) is 9.06. The van der Waals surface area contributed by atoms with Crippen molar-refractivity contribution in [2.24, 2.45) is 0 Å². The van der Waals surface area contributed by atoms with E-state index in [1.54, 1.807) is 36.4 Å². The molecule has 146 valence electrons. The van der Waals surface area contributed by atoms with Crippen LogP contribution >= 0.6 is 0 Å². The van der Waals surface area contributed by atoms with Crippen molar-refractivity contribution in [3.05, 3.63) is 70.8 Å². The van der Waals surface area contributed by atoms with E-state index in [1.807, 2.05) is 0 Å². The van der Waals surface area contributed by atoms with Crippen LogP contribution in [0.3, 0.4) is 0 Å². The molecule has 0 saturated heterocycles. The summed E-state index contributed by atoms with van der Waals surface area (Å²) in [6.07, 6.45) is 0.0596. The predicted molar refractivity (Wildman–Crippen MR) is 99.4 cm³/mol. The van der Waals surface area contributed by atoms with Crippen molar-refractivity contribution in [1.82, 2.24) is 9.80 Å². The number of carboxylic acids is 1. The number of rotatable bonds is 6. The van der Waals surface area contributed by atoms with Gasteiger partial charge in [0, 0.05) is 6.54 Å². The number of benzene rings is 2. The fourth-order valence-corrected chi connectivity index (χ4v) is 3.74. The normalized spacial score (nSPS) is 16.3. The summed E-state index contributed by atoms with van der Waals surface area (Å²) in [5.74, 6) is -3.49. The van der Waals surface area contributed by atoms with Crippen LogP contribution in [0.25, 0.3) is 0 Å². The molecular weight excluding hydrogens is 376 g/mol. The van der Waals surface area contributed by atoms with Gasteiger partial charge in [-0.1, -0.05) is 24.3 Å². The summed E-state index contributed by atoms with van der Waals surface area (Å²) in [7, 11) is 0. The lowest BCUT2D eigenvalue weighted by atomic mass is 10.1. The number of carbonyl (C=O) groups is 5. The lowest BCUT2D eigenvalue weighted by Gasteiger charge is -2.23. The van der Waals surface area contributed by atoms with Gasteiger partial charge in [0.15, 0.2) is 0 Å². The molecule has 2 heterocycles. The number of fused-ring (bicyclic) bond motifs is 2. The summed E-state index contributed by atoms with van der Waals surface area (Å²) >= 11 is 0. The zero-order chi connectivity index (χ0) is 20.7. The summed E-state index contributed by atoms with van der Waals surface area (Å²) in [6.45, 7) is -0.000698. The first-order valence-corrected chi connectivity index (χ1v) is 9.06. The molecule has 2 aliphatic heterocycles. The highest BCUT2D eigenvalue weighted by atomic mass is 16.4. The Morgan fingerprint density at radius 1 is 0.759 bits per heavy atom. The van der Waals surface area contributed by atoms with Crippen molar-refractivity contribution in [2.75, 3.05) is 6.54 Å². The monoisotopic (exact) mass is 392 g/mol. The maximum Gasteiger partial charge on any atom is 0.326 e. The highest BCUT2D eigenvalue weighted by molar-refractivity contribution is 6.23. The van der Waals surface area contributed by atoms with Crippen molar-refractivity contribution in [2.45, 2.75) is 18.9 Å². The van der Waals surface area contributed by atoms with E-state index in [0.717, 1.165) is 9.80 Å². The Labute approximate surface area is 165 Å². The summed E-state index contributed by atoms with van der Waals surface area (Å²) in [6, 6.07) is 11.2. The zero-order valence-corrected chi connectivity index (χ0v) is 15.2. The average Bonchev–Trinajstić information content (AvgIpc) is 3.11. The average molecular weight is 392 g/mol. The van der Waals surface area contributed by atoms with Gasteiger partial charge < -0.3 is 5.11 Å². The second-order valence-corrected chi connectivity index (χ2v) is 6.83. The van der Waals surface area contributed by atoms with Gasteiger partial charge in [-0.05, 0) is 37.1 Å². The Kier molecular flexibility index (Phi) is 4.46. The van der Waals surface area contributed by atoms with Gasteiger partial charge in [0.05, 0.1) is 22.3 Å². The molecule has 0 saturated carbocycles. The molecule has 0 fully saturated rings. The van der Waals surface area contributed by atoms with Crippen LogP contribution in [-0.4, -0.2) is 57.1 Å². The smallest absolute Gasteiger partial charge is 0.326 e. The molecule has 29 heavy (non-hydrogen) atoms. The van der Waals surface area contributed by atoms with Crippen LogP contribution in [0.1, 0.15) is 54.3 Å². The first kappa shape index (κ1) is 18.5. The van der Waals surface area contributed by atoms with Crippen molar-refractivity contribution in [3.8, 4) is 0 Å². The Balaban J connectivity index is 1.47. The van der Waals surface area contributed by atoms with Crippen LogP contribution in [0.4, 0.5) is 0 Å². The number of imide groups is 2. The van der Waals surface area contributed by atoms with E-state index in [4.69, 9.17) is 0 Å². The summed E-state index contributed by atoms with van der Waals surface area (Å²) in [5, 5.41) is 9.59. The molecule has 4 rings (SSSR count). The standard InChI is InChI=1S/C21H16N2O6/c24-17-12-6-1-2-7-13(12)18(25)22(17)11-5-10-16(21(28)29)23-19(26)14-8-3-4-9-15(14)20(23)27/h1-4,6-9,16H,5,10-11H2,(H,28,29)/t16-/m0/s1. The lowest BCUT2D eigenvalue weighted by molar-refractivity contribution is -0.141. The first-order chi connectivity index (χ1) is 13.9. The van der Waals surface area contributed by atoms with Gasteiger partial charge in [-0.3, -0.25) is 29.0 Å². The van der Waals surface area contributed by atoms with Crippen molar-refractivity contribution >= 4 is 29.6 Å². The number of carbonyl (C=O) groups excluding carboxylic acids is 4. The highest BCUT2D eigenvalue weighted by Crippen LogP contribution is 2.27. The Morgan fingerprint density at radius 3 is 1.59 bits per heavy atom. The third-order valence-corrected chi connectivity index (χ3v) is 5.16. The van der Waals surface area contributed by atoms with Gasteiger partial charge in [-0.2, -0.15) is 0 Å². The fraction of sp³-hybridized carbons (Fsp3) is 0.190. The van der Waals surface area contributed by atoms with Crippen LogP contribution in [0.2, 0.25) is 0 Å². The second kappa shape index (κ2) is 6.97. The van der Waals surface area contributed by atoms with Crippen molar-refractivity contribution in [1.29, 1.82) is 0 Å². The summed E-state index contributed by atoms with van der Waals surface area (Å²) < 4.78 is 0. The number of hydrogen-bond donors (Lipinski definition) is 1. The summed E-state index contributed by atoms with van der Waals surface area (Å²) in [4.78, 5) is 63.5. The maximum atomic E-state index is 12.5. The number of carboxylic acid groups (broad SMARTS) is 1. The van der Waals surface area contributed by atoms with Crippen LogP contribution in [0.15, 0.2) is 48.5 Å². The van der Waals surface area contributed by atoms with Crippen molar-refractivity contribution in [3.63, 3.8) is 0 Å². The van der Waals surface area contributed by atoms with Gasteiger partial charge in [0.1, 0.15) is 6.04 Å². The third kappa shape index (κ3) is 2.89. The Morgan fingerprint density at radius 2 is 1.17 bits per heavy atom. The van der Waals surface area contributed by atoms with E-state index in [-0.39, 0.29) is 30.5 Å². The molecule has 2 aliphatic rings. The van der Waals surface area contributed by atoms with Gasteiger partial charge >= 0.3 is 5.97 Å². The molecule has 0 aromatic heterocycles. The molecule has 4 amide bonds. The molecule has 2 aromatic carbocycles. The number of nitrogens with zero attached hydrogens (tertiary/aromatic N) is 2. The predicted octanol–water partition coefficient (Wildman–Crippen LogP) is 1.81. The number of amides is 4. The molecule has 0 radical (unpaired) electrons. The quantitative estimate of drug-likeness (QED) is 0.751. The molecule has 2 aromatic rings. The molecule has 0 spiro atoms. The molecule has 0 bridgehead atoms. The number of aliphatic carboxylic acids is 1. The van der Waals surface area contributed by atoms with Crippen molar-refractivity contribution < 1.29 is 29.1 Å². The highest BCUT2D eigenvalue weighted by Gasteiger charge is 2.43.